The normalized spacial score (nSPS) is 22.0. The van der Waals surface area contributed by atoms with E-state index < -0.39 is 58.5 Å². The van der Waals surface area contributed by atoms with Gasteiger partial charge in [-0.05, 0) is 261 Å². The molecule has 12 unspecified atom stereocenters. The number of aryl methyl sites for hydroxylation is 5. The molecule has 662 valence electrons. The van der Waals surface area contributed by atoms with E-state index in [0.29, 0.717) is 101 Å². The van der Waals surface area contributed by atoms with Gasteiger partial charge in [0.25, 0.3) is 47.1 Å². The lowest BCUT2D eigenvalue weighted by molar-refractivity contribution is -0.0326. The maximum absolute atomic E-state index is 14.8. The fourth-order valence-electron chi connectivity index (χ4n) is 18.9. The van der Waals surface area contributed by atoms with Crippen LogP contribution >= 0.6 is 0 Å². The lowest BCUT2D eigenvalue weighted by atomic mass is 9.77. The molecule has 4 amide bonds. The monoisotopic (exact) mass is 1760 g/mol. The maximum Gasteiger partial charge on any atom is 0.256 e. The third kappa shape index (κ3) is 19.3. The average molecular weight is 1760 g/mol. The van der Waals surface area contributed by atoms with Crippen molar-refractivity contribution in [3.05, 3.63) is 280 Å². The molecule has 3 aromatic carbocycles. The van der Waals surface area contributed by atoms with Crippen LogP contribution in [0.2, 0.25) is 0 Å². The highest BCUT2D eigenvalue weighted by Crippen LogP contribution is 2.45. The van der Waals surface area contributed by atoms with Gasteiger partial charge in [-0.25, -0.2) is 99.9 Å². The second kappa shape index (κ2) is 38.0. The zero-order valence-electron chi connectivity index (χ0n) is 71.0. The third-order valence-electron chi connectivity index (χ3n) is 24.9. The number of carbonyl (C=O) groups is 4. The van der Waals surface area contributed by atoms with Crippen LogP contribution in [0.4, 0.5) is 35.1 Å². The molecular weight excluding hydrogens is 1670 g/mol. The van der Waals surface area contributed by atoms with Gasteiger partial charge in [0.15, 0.2) is 52.4 Å². The van der Waals surface area contributed by atoms with Gasteiger partial charge in [0.05, 0.1) is 64.4 Å². The van der Waals surface area contributed by atoms with E-state index in [-0.39, 0.29) is 130 Å². The summed E-state index contributed by atoms with van der Waals surface area (Å²) < 4.78 is 137. The Labute approximate surface area is 737 Å². The van der Waals surface area contributed by atoms with Crippen molar-refractivity contribution in [1.82, 2.24) is 84.4 Å². The number of carbonyl (C=O) groups excluding carboxylic acids is 4. The Kier molecular flexibility index (Phi) is 25.8. The molecule has 12 aliphatic rings. The molecule has 9 aromatic heterocycles. The molecule has 33 heteroatoms. The Bertz CT molecular complexity index is 5970. The van der Waals surface area contributed by atoms with E-state index in [9.17, 15) is 54.3 Å². The predicted octanol–water partition coefficient (Wildman–Crippen LogP) is 16.5. The van der Waals surface area contributed by atoms with Crippen LogP contribution in [0.3, 0.4) is 0 Å². The van der Waals surface area contributed by atoms with Gasteiger partial charge >= 0.3 is 0 Å². The molecule has 8 aliphatic heterocycles. The predicted molar refractivity (Wildman–Crippen MR) is 454 cm³/mol. The fourth-order valence-corrected chi connectivity index (χ4v) is 18.9. The number of hydrogen-bond donors (Lipinski definition) is 0. The maximum atomic E-state index is 14.8. The number of piperidine rings is 8. The van der Waals surface area contributed by atoms with Gasteiger partial charge in [0.1, 0.15) is 47.6 Å². The first kappa shape index (κ1) is 87.3. The summed E-state index contributed by atoms with van der Waals surface area (Å²) in [5.74, 6) is -3.62. The summed E-state index contributed by atoms with van der Waals surface area (Å²) in [7, 11) is 0. The van der Waals surface area contributed by atoms with E-state index in [4.69, 9.17) is 18.9 Å². The number of amides is 4. The first-order chi connectivity index (χ1) is 62.4. The molecule has 8 saturated heterocycles. The number of nitrogens with zero attached hydrogens (tertiary/aromatic N) is 17. The summed E-state index contributed by atoms with van der Waals surface area (Å²) in [6.07, 6.45) is 26.0. The average Bonchev–Trinajstić information content (AvgIpc) is 0.777. The highest BCUT2D eigenvalue weighted by Gasteiger charge is 2.50. The molecule has 24 rings (SSSR count). The molecular formula is C96H89F8N17O8. The number of pyridine rings is 5. The standard InChI is InChI=1S/C24H21F3N4O2.2C24H22F2N4O2.C24H24FN5O2/c1-13-7-18(27)23(30-9-13)33-20-8-14-5-6-19(20)31(12-14)24(32)16-3-2-4-17(26)21(16)22-28-10-15(25)11-29-22;1-14-9-19(26)23(29-12-14)32-21-10-15-3-6-20(21)30(13-15)24(31)17-5-4-16(25)11-18(17)22-27-7-2-8-28-22;1-14-9-19(26)23(29-12-14)32-21-10-15-3-6-20(21)30(13-15)24(31)18-11-16(25)4-5-17(18)22-27-7-2-8-28-22;1-14-10-18(25)23(28-12-14)32-20-11-16-5-7-19(20)30(13-16)24(31)17-6-4-15(2)29-21(17)22-26-8-3-9-27-22/h2-4,7,9-11,14,19-20H,5-6,8,12H2,1H3;2*2,4-5,7-9,11-12,15,20-21H,3,6,10,13H2,1H3;3-4,6,8-10,12,16,19-20H,5,7,11,13H2,1-2H3. The Balaban J connectivity index is 0.000000121. The minimum absolute atomic E-state index is 0.00377. The van der Waals surface area contributed by atoms with E-state index in [0.717, 1.165) is 87.9 Å². The van der Waals surface area contributed by atoms with E-state index in [1.165, 1.54) is 85.1 Å². The second-order valence-corrected chi connectivity index (χ2v) is 34.0. The topological polar surface area (TPSA) is 286 Å². The SMILES string of the molecule is Cc1cnc(OC2CC3CCC2N(C(=O)c2cc(F)ccc2-c2ncccn2)C3)c(F)c1.Cc1cnc(OC2CC3CCC2N(C(=O)c2ccc(C)nc2-c2ncccn2)C3)c(F)c1.Cc1cnc(OC2CC3CCC2N(C(=O)c2ccc(F)cc2-c2ncccn2)C3)c(F)c1.Cc1cnc(OC2CC3CCC2N(C(=O)c2cccc(F)c2-c2ncc(F)cn2)C3)c(F)c1. The fraction of sp³-hybridized carbons (Fsp3) is 0.344. The zero-order chi connectivity index (χ0) is 89.8. The molecule has 17 heterocycles. The van der Waals surface area contributed by atoms with Gasteiger partial charge in [-0.15, -0.1) is 0 Å². The van der Waals surface area contributed by atoms with Crippen LogP contribution in [0.15, 0.2) is 184 Å². The van der Waals surface area contributed by atoms with Crippen LogP contribution in [-0.2, 0) is 0 Å². The van der Waals surface area contributed by atoms with Gasteiger partial charge in [0, 0.05) is 105 Å². The van der Waals surface area contributed by atoms with E-state index >= 15 is 0 Å². The Morgan fingerprint density at radius 1 is 0.310 bits per heavy atom. The first-order valence-corrected chi connectivity index (χ1v) is 42.9. The van der Waals surface area contributed by atoms with Crippen LogP contribution in [-0.4, -0.2) is 183 Å². The number of hydrogen-bond acceptors (Lipinski definition) is 21. The number of aromatic nitrogens is 13. The van der Waals surface area contributed by atoms with Crippen LogP contribution in [0.1, 0.15) is 146 Å². The molecule has 12 atom stereocenters. The lowest BCUT2D eigenvalue weighted by Crippen LogP contribution is -2.59. The Morgan fingerprint density at radius 3 is 1.07 bits per heavy atom. The smallest absolute Gasteiger partial charge is 0.256 e. The largest absolute Gasteiger partial charge is 0.470 e. The van der Waals surface area contributed by atoms with E-state index in [1.807, 2.05) is 17.9 Å². The van der Waals surface area contributed by atoms with Crippen LogP contribution in [0.25, 0.3) is 45.7 Å². The minimum Gasteiger partial charge on any atom is -0.470 e. The van der Waals surface area contributed by atoms with Crippen molar-refractivity contribution in [2.75, 3.05) is 26.2 Å². The summed E-state index contributed by atoms with van der Waals surface area (Å²) in [4.78, 5) is 116. The Hall–Kier alpha value is -13.8. The molecule has 12 aromatic rings. The van der Waals surface area contributed by atoms with Crippen molar-refractivity contribution in [2.24, 2.45) is 23.7 Å². The first-order valence-electron chi connectivity index (χ1n) is 42.9. The molecule has 0 N–H and O–H groups in total. The molecule has 4 saturated carbocycles. The van der Waals surface area contributed by atoms with Crippen molar-refractivity contribution in [3.8, 4) is 69.2 Å². The molecule has 25 nitrogen and oxygen atoms in total. The molecule has 4 aliphatic carbocycles. The lowest BCUT2D eigenvalue weighted by Gasteiger charge is -2.49. The summed E-state index contributed by atoms with van der Waals surface area (Å²) >= 11 is 0. The van der Waals surface area contributed by atoms with Crippen LogP contribution < -0.4 is 18.9 Å². The highest BCUT2D eigenvalue weighted by atomic mass is 19.2. The molecule has 129 heavy (non-hydrogen) atoms. The summed E-state index contributed by atoms with van der Waals surface area (Å²) in [6, 6.07) is 25.5. The molecule has 8 bridgehead atoms. The van der Waals surface area contributed by atoms with E-state index in [1.54, 1.807) is 122 Å². The summed E-state index contributed by atoms with van der Waals surface area (Å²) in [5.41, 5.74) is 5.94. The zero-order valence-corrected chi connectivity index (χ0v) is 71.0. The second-order valence-electron chi connectivity index (χ2n) is 34.0. The molecule has 0 spiro atoms. The number of fused-ring (bicyclic) bond motifs is 12. The molecule has 0 radical (unpaired) electrons. The van der Waals surface area contributed by atoms with Crippen molar-refractivity contribution >= 4 is 23.6 Å². The molecule has 12 fully saturated rings. The number of rotatable bonds is 16. The van der Waals surface area contributed by atoms with Crippen molar-refractivity contribution in [3.63, 3.8) is 0 Å². The van der Waals surface area contributed by atoms with Gasteiger partial charge < -0.3 is 38.5 Å². The van der Waals surface area contributed by atoms with Gasteiger partial charge in [-0.2, -0.15) is 0 Å². The quantitative estimate of drug-likeness (QED) is 0.0812. The van der Waals surface area contributed by atoms with Crippen molar-refractivity contribution in [1.29, 1.82) is 0 Å². The number of benzene rings is 3. The van der Waals surface area contributed by atoms with Gasteiger partial charge in [0.2, 0.25) is 0 Å². The minimum atomic E-state index is -0.673. The van der Waals surface area contributed by atoms with Crippen molar-refractivity contribution in [2.45, 2.75) is 160 Å². The summed E-state index contributed by atoms with van der Waals surface area (Å²) in [6.45, 7) is 11.2. The Morgan fingerprint density at radius 2 is 0.667 bits per heavy atom. The number of ether oxygens (including phenoxy) is 4. The van der Waals surface area contributed by atoms with Crippen molar-refractivity contribution < 1.29 is 73.2 Å². The highest BCUT2D eigenvalue weighted by molar-refractivity contribution is 6.03. The van der Waals surface area contributed by atoms with E-state index in [2.05, 4.69) is 64.8 Å². The summed E-state index contributed by atoms with van der Waals surface area (Å²) in [5, 5.41) is 0. The third-order valence-corrected chi connectivity index (χ3v) is 24.9. The van der Waals surface area contributed by atoms with Gasteiger partial charge in [-0.1, -0.05) is 6.07 Å². The van der Waals surface area contributed by atoms with Crippen LogP contribution in [0, 0.1) is 105 Å². The van der Waals surface area contributed by atoms with Crippen LogP contribution in [0.5, 0.6) is 23.5 Å². The van der Waals surface area contributed by atoms with Gasteiger partial charge in [-0.3, -0.25) is 19.2 Å². The number of halogens is 8.